The van der Waals surface area contributed by atoms with Crippen molar-refractivity contribution in [3.05, 3.63) is 24.2 Å². The van der Waals surface area contributed by atoms with Crippen molar-refractivity contribution in [1.29, 1.82) is 0 Å². The van der Waals surface area contributed by atoms with Crippen LogP contribution in [0, 0.1) is 5.41 Å². The zero-order valence-corrected chi connectivity index (χ0v) is 15.9. The molecule has 27 heavy (non-hydrogen) atoms. The predicted octanol–water partition coefficient (Wildman–Crippen LogP) is 1.50. The van der Waals surface area contributed by atoms with Crippen LogP contribution in [0.1, 0.15) is 51.1 Å². The van der Waals surface area contributed by atoms with Crippen LogP contribution < -0.4 is 16.2 Å². The highest BCUT2D eigenvalue weighted by atomic mass is 16.6. The molecule has 1 aromatic rings. The molecule has 0 spiro atoms. The summed E-state index contributed by atoms with van der Waals surface area (Å²) < 4.78 is 16.1. The molecule has 1 unspecified atom stereocenters. The highest BCUT2D eigenvalue weighted by Crippen LogP contribution is 2.61. The summed E-state index contributed by atoms with van der Waals surface area (Å²) in [5.41, 5.74) is 3.15. The minimum atomic E-state index is -0.783. The van der Waals surface area contributed by atoms with Crippen molar-refractivity contribution in [1.82, 2.24) is 16.2 Å². The van der Waals surface area contributed by atoms with E-state index in [1.165, 1.54) is 12.3 Å². The van der Waals surface area contributed by atoms with Crippen molar-refractivity contribution in [3.8, 4) is 0 Å². The van der Waals surface area contributed by atoms with Crippen LogP contribution in [0.2, 0.25) is 0 Å². The highest BCUT2D eigenvalue weighted by molar-refractivity contribution is 5.93. The molecule has 0 aromatic carbocycles. The number of carbonyl (C=O) groups excluding carboxylic acids is 3. The lowest BCUT2D eigenvalue weighted by molar-refractivity contribution is -0.134. The minimum Gasteiger partial charge on any atom is -0.459 e. The number of nitrogens with one attached hydrogen (secondary N) is 3. The molecule has 3 aliphatic rings. The smallest absolute Gasteiger partial charge is 0.407 e. The van der Waals surface area contributed by atoms with E-state index in [-0.39, 0.29) is 12.3 Å². The highest BCUT2D eigenvalue weighted by Gasteiger charge is 2.67. The van der Waals surface area contributed by atoms with E-state index < -0.39 is 40.6 Å². The third-order valence-corrected chi connectivity index (χ3v) is 4.68. The van der Waals surface area contributed by atoms with Gasteiger partial charge in [-0.3, -0.25) is 20.4 Å². The van der Waals surface area contributed by atoms with Crippen molar-refractivity contribution in [3.63, 3.8) is 0 Å². The number of hydrogen-bond acceptors (Lipinski definition) is 6. The molecule has 3 N–H and O–H groups in total. The first-order chi connectivity index (χ1) is 12.5. The van der Waals surface area contributed by atoms with E-state index in [1.54, 1.807) is 26.8 Å². The van der Waals surface area contributed by atoms with E-state index in [9.17, 15) is 14.4 Å². The molecule has 2 bridgehead atoms. The van der Waals surface area contributed by atoms with Crippen molar-refractivity contribution in [2.24, 2.45) is 5.41 Å². The van der Waals surface area contributed by atoms with E-state index in [4.69, 9.17) is 13.9 Å². The standard InChI is InChI=1S/C18H25N3O6/c1-16(2,3)27-15(24)19-10-18-8-17(4,9-18)26-12(18)14(23)21-20-13(22)11-6-5-7-25-11/h5-7,12H,8-10H2,1-4H3,(H,19,24)(H,20,22)(H,21,23). The van der Waals surface area contributed by atoms with Gasteiger partial charge in [0.15, 0.2) is 5.76 Å². The maximum Gasteiger partial charge on any atom is 0.407 e. The van der Waals surface area contributed by atoms with Gasteiger partial charge in [0.25, 0.3) is 5.91 Å². The Morgan fingerprint density at radius 2 is 1.96 bits per heavy atom. The lowest BCUT2D eigenvalue weighted by Gasteiger charge is -2.43. The van der Waals surface area contributed by atoms with Gasteiger partial charge < -0.3 is 19.2 Å². The number of fused-ring (bicyclic) bond motifs is 1. The van der Waals surface area contributed by atoms with Gasteiger partial charge in [-0.15, -0.1) is 0 Å². The molecule has 9 heteroatoms. The van der Waals surface area contributed by atoms with Crippen LogP contribution >= 0.6 is 0 Å². The van der Waals surface area contributed by atoms with Crippen molar-refractivity contribution in [2.75, 3.05) is 6.54 Å². The van der Waals surface area contributed by atoms with Crippen LogP contribution in [0.4, 0.5) is 4.79 Å². The van der Waals surface area contributed by atoms with Gasteiger partial charge in [-0.25, -0.2) is 4.79 Å². The number of furan rings is 1. The van der Waals surface area contributed by atoms with Crippen molar-refractivity contribution in [2.45, 2.75) is 57.8 Å². The average molecular weight is 379 g/mol. The molecular weight excluding hydrogens is 354 g/mol. The Morgan fingerprint density at radius 3 is 2.56 bits per heavy atom. The maximum atomic E-state index is 12.6. The fourth-order valence-corrected chi connectivity index (χ4v) is 3.88. The molecule has 4 rings (SSSR count). The zero-order chi connectivity index (χ0) is 19.9. The zero-order valence-electron chi connectivity index (χ0n) is 15.9. The van der Waals surface area contributed by atoms with Crippen LogP contribution in [0.5, 0.6) is 0 Å². The molecular formula is C18H25N3O6. The second-order valence-electron chi connectivity index (χ2n) is 8.44. The summed E-state index contributed by atoms with van der Waals surface area (Å²) in [7, 11) is 0. The first-order valence-electron chi connectivity index (χ1n) is 8.80. The summed E-state index contributed by atoms with van der Waals surface area (Å²) in [5, 5.41) is 2.73. The summed E-state index contributed by atoms with van der Waals surface area (Å²) in [6.07, 6.45) is 1.32. The average Bonchev–Trinajstić information content (AvgIpc) is 3.21. The fraction of sp³-hybridized carbons (Fsp3) is 0.611. The monoisotopic (exact) mass is 379 g/mol. The number of hydrazine groups is 1. The lowest BCUT2D eigenvalue weighted by atomic mass is 9.60. The molecule has 0 radical (unpaired) electrons. The molecule has 1 atom stereocenters. The minimum absolute atomic E-state index is 0.0835. The Morgan fingerprint density at radius 1 is 1.26 bits per heavy atom. The first-order valence-corrected chi connectivity index (χ1v) is 8.80. The SMILES string of the molecule is CC(C)(C)OC(=O)NCC12CC(C)(C1)OC2C(=O)NNC(=O)c1ccco1. The Balaban J connectivity index is 1.56. The first kappa shape index (κ1) is 19.2. The quantitative estimate of drug-likeness (QED) is 0.682. The fourth-order valence-electron chi connectivity index (χ4n) is 3.88. The van der Waals surface area contributed by atoms with Gasteiger partial charge in [0.2, 0.25) is 0 Å². The number of amides is 3. The molecule has 148 valence electrons. The number of carbonyl (C=O) groups is 3. The number of rotatable bonds is 4. The number of alkyl carbamates (subject to hydrolysis) is 1. The van der Waals surface area contributed by atoms with Gasteiger partial charge in [0, 0.05) is 12.0 Å². The third-order valence-electron chi connectivity index (χ3n) is 4.68. The van der Waals surface area contributed by atoms with E-state index in [0.29, 0.717) is 12.8 Å². The van der Waals surface area contributed by atoms with E-state index in [0.717, 1.165) is 0 Å². The van der Waals surface area contributed by atoms with Crippen molar-refractivity contribution >= 4 is 17.9 Å². The summed E-state index contributed by atoms with van der Waals surface area (Å²) in [5.74, 6) is -0.951. The summed E-state index contributed by atoms with van der Waals surface area (Å²) in [6.45, 7) is 7.51. The second kappa shape index (κ2) is 6.56. The van der Waals surface area contributed by atoms with Crippen molar-refractivity contribution < 1.29 is 28.3 Å². The van der Waals surface area contributed by atoms with Crippen LogP contribution in [0.3, 0.4) is 0 Å². The Labute approximate surface area is 157 Å². The van der Waals surface area contributed by atoms with Crippen LogP contribution in [0.25, 0.3) is 0 Å². The van der Waals surface area contributed by atoms with Gasteiger partial charge in [0.05, 0.1) is 11.9 Å². The Kier molecular flexibility index (Phi) is 4.67. The molecule has 1 aliphatic carbocycles. The molecule has 9 nitrogen and oxygen atoms in total. The molecule has 3 fully saturated rings. The van der Waals surface area contributed by atoms with Gasteiger partial charge in [-0.05, 0) is 52.7 Å². The molecule has 1 aromatic heterocycles. The third kappa shape index (κ3) is 4.08. The van der Waals surface area contributed by atoms with Gasteiger partial charge in [0.1, 0.15) is 11.7 Å². The Bertz CT molecular complexity index is 731. The topological polar surface area (TPSA) is 119 Å². The second-order valence-corrected chi connectivity index (χ2v) is 8.44. The molecule has 2 aliphatic heterocycles. The van der Waals surface area contributed by atoms with E-state index in [1.807, 2.05) is 6.92 Å². The van der Waals surface area contributed by atoms with Crippen LogP contribution in [-0.2, 0) is 14.3 Å². The van der Waals surface area contributed by atoms with Crippen LogP contribution in [0.15, 0.2) is 22.8 Å². The van der Waals surface area contributed by atoms with Crippen LogP contribution in [-0.4, -0.2) is 41.8 Å². The lowest BCUT2D eigenvalue weighted by Crippen LogP contribution is -2.55. The molecule has 1 saturated carbocycles. The molecule has 3 heterocycles. The number of hydrogen-bond donors (Lipinski definition) is 3. The largest absolute Gasteiger partial charge is 0.459 e. The van der Waals surface area contributed by atoms with Gasteiger partial charge >= 0.3 is 12.0 Å². The van der Waals surface area contributed by atoms with E-state index >= 15 is 0 Å². The summed E-state index contributed by atoms with van der Waals surface area (Å²) in [4.78, 5) is 36.4. The van der Waals surface area contributed by atoms with Gasteiger partial charge in [-0.1, -0.05) is 0 Å². The summed E-state index contributed by atoms with van der Waals surface area (Å²) in [6, 6.07) is 3.06. The molecule has 2 saturated heterocycles. The predicted molar refractivity (Wildman–Crippen MR) is 93.5 cm³/mol. The normalized spacial score (nSPS) is 28.8. The molecule has 3 amide bonds. The Hall–Kier alpha value is -2.55. The maximum absolute atomic E-state index is 12.6. The van der Waals surface area contributed by atoms with E-state index in [2.05, 4.69) is 16.2 Å². The summed E-state index contributed by atoms with van der Waals surface area (Å²) >= 11 is 0. The van der Waals surface area contributed by atoms with Gasteiger partial charge in [-0.2, -0.15) is 0 Å². The number of ether oxygens (including phenoxy) is 2.